The maximum absolute atomic E-state index is 12.0. The van der Waals surface area contributed by atoms with Gasteiger partial charge < -0.3 is 14.8 Å². The van der Waals surface area contributed by atoms with Gasteiger partial charge in [0.05, 0.1) is 18.9 Å². The van der Waals surface area contributed by atoms with Crippen LogP contribution in [0.5, 0.6) is 11.5 Å². The van der Waals surface area contributed by atoms with Crippen molar-refractivity contribution in [1.29, 1.82) is 0 Å². The maximum atomic E-state index is 12.0. The van der Waals surface area contributed by atoms with E-state index in [2.05, 4.69) is 15.8 Å². The number of halogens is 1. The fourth-order valence-corrected chi connectivity index (χ4v) is 2.76. The number of hydrogen-bond donors (Lipinski definition) is 2. The molecule has 0 heterocycles. The molecule has 8 heteroatoms. The predicted molar refractivity (Wildman–Crippen MR) is 123 cm³/mol. The zero-order valence-electron chi connectivity index (χ0n) is 18.2. The lowest BCUT2D eigenvalue weighted by Crippen LogP contribution is -2.20. The van der Waals surface area contributed by atoms with Gasteiger partial charge >= 0.3 is 0 Å². The van der Waals surface area contributed by atoms with Gasteiger partial charge in [-0.3, -0.25) is 9.59 Å². The van der Waals surface area contributed by atoms with Crippen LogP contribution in [-0.2, 0) is 9.59 Å². The largest absolute Gasteiger partial charge is 0.490 e. The summed E-state index contributed by atoms with van der Waals surface area (Å²) in [5.74, 6) is 0.623. The maximum Gasteiger partial charge on any atom is 0.240 e. The Morgan fingerprint density at radius 1 is 1.10 bits per heavy atom. The highest BCUT2D eigenvalue weighted by Gasteiger charge is 2.09. The highest BCUT2D eigenvalue weighted by molar-refractivity contribution is 6.31. The van der Waals surface area contributed by atoms with E-state index in [9.17, 15) is 9.59 Å². The molecule has 0 saturated heterocycles. The SMILES string of the molecule is CCOc1cc(C=NNC(=O)CCC(=O)Nc2ccc(C)c(Cl)c2)ccc1OC(C)C. The molecule has 0 aromatic heterocycles. The molecule has 0 atom stereocenters. The average Bonchev–Trinajstić information content (AvgIpc) is 2.71. The molecule has 2 N–H and O–H groups in total. The fourth-order valence-electron chi connectivity index (χ4n) is 2.58. The van der Waals surface area contributed by atoms with Crippen LogP contribution in [-0.4, -0.2) is 30.7 Å². The van der Waals surface area contributed by atoms with E-state index in [4.69, 9.17) is 21.1 Å². The van der Waals surface area contributed by atoms with Crippen LogP contribution in [0.25, 0.3) is 0 Å². The Labute approximate surface area is 187 Å². The van der Waals surface area contributed by atoms with Gasteiger partial charge in [-0.1, -0.05) is 17.7 Å². The van der Waals surface area contributed by atoms with Crippen molar-refractivity contribution in [2.45, 2.75) is 46.6 Å². The Balaban J connectivity index is 1.84. The molecule has 0 unspecified atom stereocenters. The van der Waals surface area contributed by atoms with Crippen LogP contribution in [0.15, 0.2) is 41.5 Å². The number of nitrogens with zero attached hydrogens (tertiary/aromatic N) is 1. The lowest BCUT2D eigenvalue weighted by atomic mass is 10.2. The molecule has 0 radical (unpaired) electrons. The molecule has 0 saturated carbocycles. The minimum Gasteiger partial charge on any atom is -0.490 e. The van der Waals surface area contributed by atoms with E-state index >= 15 is 0 Å². The molecule has 0 bridgehead atoms. The van der Waals surface area contributed by atoms with Crippen molar-refractivity contribution in [3.63, 3.8) is 0 Å². The summed E-state index contributed by atoms with van der Waals surface area (Å²) in [7, 11) is 0. The highest BCUT2D eigenvalue weighted by Crippen LogP contribution is 2.29. The van der Waals surface area contributed by atoms with E-state index < -0.39 is 0 Å². The minimum absolute atomic E-state index is 0.00806. The minimum atomic E-state index is -0.363. The van der Waals surface area contributed by atoms with Gasteiger partial charge in [-0.25, -0.2) is 5.43 Å². The number of benzene rings is 2. The Hall–Kier alpha value is -3.06. The molecular weight excluding hydrogens is 418 g/mol. The number of hydrogen-bond acceptors (Lipinski definition) is 5. The number of carbonyl (C=O) groups excluding carboxylic acids is 2. The van der Waals surface area contributed by atoms with Gasteiger partial charge in [0.2, 0.25) is 11.8 Å². The van der Waals surface area contributed by atoms with Crippen LogP contribution in [0.1, 0.15) is 44.7 Å². The molecule has 0 aliphatic carbocycles. The van der Waals surface area contributed by atoms with E-state index in [1.807, 2.05) is 39.8 Å². The smallest absolute Gasteiger partial charge is 0.240 e. The second-order valence-corrected chi connectivity index (χ2v) is 7.52. The topological polar surface area (TPSA) is 89.0 Å². The number of anilines is 1. The van der Waals surface area contributed by atoms with E-state index in [1.165, 1.54) is 6.21 Å². The fraction of sp³-hybridized carbons (Fsp3) is 0.348. The highest BCUT2D eigenvalue weighted by atomic mass is 35.5. The molecule has 0 spiro atoms. The third kappa shape index (κ3) is 8.30. The van der Waals surface area contributed by atoms with Crippen molar-refractivity contribution in [2.75, 3.05) is 11.9 Å². The summed E-state index contributed by atoms with van der Waals surface area (Å²) in [5.41, 5.74) is 4.68. The third-order valence-electron chi connectivity index (χ3n) is 4.07. The van der Waals surface area contributed by atoms with Gasteiger partial charge in [0.15, 0.2) is 11.5 Å². The van der Waals surface area contributed by atoms with Crippen molar-refractivity contribution in [1.82, 2.24) is 5.43 Å². The molecule has 31 heavy (non-hydrogen) atoms. The van der Waals surface area contributed by atoms with E-state index in [-0.39, 0.29) is 30.8 Å². The van der Waals surface area contributed by atoms with Gasteiger partial charge in [0, 0.05) is 23.6 Å². The number of aryl methyl sites for hydroxylation is 1. The zero-order valence-corrected chi connectivity index (χ0v) is 19.0. The van der Waals surface area contributed by atoms with Crippen LogP contribution in [0.2, 0.25) is 5.02 Å². The molecule has 0 aliphatic rings. The Morgan fingerprint density at radius 2 is 1.84 bits per heavy atom. The van der Waals surface area contributed by atoms with Crippen LogP contribution in [0.3, 0.4) is 0 Å². The summed E-state index contributed by atoms with van der Waals surface area (Å²) in [6, 6.07) is 10.7. The average molecular weight is 446 g/mol. The van der Waals surface area contributed by atoms with E-state index in [0.29, 0.717) is 28.8 Å². The molecular formula is C23H28ClN3O4. The van der Waals surface area contributed by atoms with Crippen LogP contribution in [0.4, 0.5) is 5.69 Å². The number of amides is 2. The summed E-state index contributed by atoms with van der Waals surface area (Å²) in [6.07, 6.45) is 1.57. The summed E-state index contributed by atoms with van der Waals surface area (Å²) in [6.45, 7) is 8.16. The first-order valence-corrected chi connectivity index (χ1v) is 10.5. The first-order valence-electron chi connectivity index (χ1n) is 10.1. The van der Waals surface area contributed by atoms with Crippen molar-refractivity contribution < 1.29 is 19.1 Å². The molecule has 2 aromatic carbocycles. The molecule has 0 aliphatic heterocycles. The third-order valence-corrected chi connectivity index (χ3v) is 4.48. The second kappa shape index (κ2) is 12.0. The molecule has 2 amide bonds. The molecule has 2 aromatic rings. The quantitative estimate of drug-likeness (QED) is 0.409. The van der Waals surface area contributed by atoms with Crippen molar-refractivity contribution in [3.05, 3.63) is 52.5 Å². The van der Waals surface area contributed by atoms with E-state index in [1.54, 1.807) is 24.3 Å². The Bertz CT molecular complexity index is 944. The van der Waals surface area contributed by atoms with Crippen LogP contribution in [0, 0.1) is 6.92 Å². The predicted octanol–water partition coefficient (Wildman–Crippen LogP) is 4.70. The van der Waals surface area contributed by atoms with Crippen molar-refractivity contribution >= 4 is 35.3 Å². The number of ether oxygens (including phenoxy) is 2. The monoisotopic (exact) mass is 445 g/mol. The number of carbonyl (C=O) groups is 2. The van der Waals surface area contributed by atoms with Gasteiger partial charge in [-0.15, -0.1) is 0 Å². The normalized spacial score (nSPS) is 10.9. The Morgan fingerprint density at radius 3 is 2.52 bits per heavy atom. The first-order chi connectivity index (χ1) is 14.8. The molecule has 166 valence electrons. The summed E-state index contributed by atoms with van der Waals surface area (Å²) >= 11 is 6.04. The summed E-state index contributed by atoms with van der Waals surface area (Å²) in [4.78, 5) is 24.0. The lowest BCUT2D eigenvalue weighted by molar-refractivity contribution is -0.124. The molecule has 7 nitrogen and oxygen atoms in total. The first kappa shape index (κ1) is 24.2. The molecule has 2 rings (SSSR count). The molecule has 0 fully saturated rings. The van der Waals surface area contributed by atoms with Gasteiger partial charge in [0.25, 0.3) is 0 Å². The van der Waals surface area contributed by atoms with Crippen LogP contribution >= 0.6 is 11.6 Å². The number of hydrazone groups is 1. The van der Waals surface area contributed by atoms with E-state index in [0.717, 1.165) is 11.1 Å². The number of nitrogens with one attached hydrogen (secondary N) is 2. The lowest BCUT2D eigenvalue weighted by Gasteiger charge is -2.14. The van der Waals surface area contributed by atoms with Crippen LogP contribution < -0.4 is 20.2 Å². The van der Waals surface area contributed by atoms with Crippen molar-refractivity contribution in [3.8, 4) is 11.5 Å². The zero-order chi connectivity index (χ0) is 22.8. The van der Waals surface area contributed by atoms with Gasteiger partial charge in [-0.2, -0.15) is 5.10 Å². The second-order valence-electron chi connectivity index (χ2n) is 7.11. The van der Waals surface area contributed by atoms with Gasteiger partial charge in [0.1, 0.15) is 0 Å². The standard InChI is InChI=1S/C23H28ClN3O4/c1-5-30-21-12-17(7-9-20(21)31-15(2)3)14-25-27-23(29)11-10-22(28)26-18-8-6-16(4)19(24)13-18/h6-9,12-15H,5,10-11H2,1-4H3,(H,26,28)(H,27,29). The number of rotatable bonds is 10. The van der Waals surface area contributed by atoms with Gasteiger partial charge in [-0.05, 0) is 69.2 Å². The summed E-state index contributed by atoms with van der Waals surface area (Å²) in [5, 5.41) is 7.23. The van der Waals surface area contributed by atoms with Crippen molar-refractivity contribution in [2.24, 2.45) is 5.10 Å². The summed E-state index contributed by atoms with van der Waals surface area (Å²) < 4.78 is 11.3. The Kier molecular flexibility index (Phi) is 9.34.